The Morgan fingerprint density at radius 1 is 0.952 bits per heavy atom. The van der Waals surface area contributed by atoms with Crippen LogP contribution in [0.3, 0.4) is 0 Å². The van der Waals surface area contributed by atoms with Crippen molar-refractivity contribution in [1.29, 1.82) is 0 Å². The van der Waals surface area contributed by atoms with Crippen LogP contribution in [-0.2, 0) is 10.0 Å². The van der Waals surface area contributed by atoms with Gasteiger partial charge in [0, 0.05) is 32.9 Å². The zero-order valence-corrected chi connectivity index (χ0v) is 25.8. The van der Waals surface area contributed by atoms with Gasteiger partial charge in [-0.3, -0.25) is 0 Å². The molecule has 0 spiro atoms. The van der Waals surface area contributed by atoms with Crippen molar-refractivity contribution in [2.45, 2.75) is 31.1 Å². The molecule has 2 heterocycles. The second kappa shape index (κ2) is 12.6. The van der Waals surface area contributed by atoms with E-state index in [-0.39, 0.29) is 21.7 Å². The first-order valence-electron chi connectivity index (χ1n) is 13.8. The lowest BCUT2D eigenvalue weighted by molar-refractivity contribution is 0.417. The third-order valence-corrected chi connectivity index (χ3v) is 9.49. The Morgan fingerprint density at radius 2 is 1.67 bits per heavy atom. The first-order chi connectivity index (χ1) is 20.2. The van der Waals surface area contributed by atoms with E-state index in [0.717, 1.165) is 34.1 Å². The van der Waals surface area contributed by atoms with Crippen molar-refractivity contribution in [2.75, 3.05) is 49.8 Å². The molecule has 1 aromatic heterocycles. The van der Waals surface area contributed by atoms with Gasteiger partial charge in [0.15, 0.2) is 5.82 Å². The second-order valence-corrected chi connectivity index (χ2v) is 12.9. The van der Waals surface area contributed by atoms with Gasteiger partial charge in [0.2, 0.25) is 16.0 Å². The van der Waals surface area contributed by atoms with E-state index in [9.17, 15) is 8.42 Å². The number of aromatic nitrogens is 2. The molecule has 1 fully saturated rings. The molecule has 220 valence electrons. The highest BCUT2D eigenvalue weighted by Crippen LogP contribution is 2.37. The van der Waals surface area contributed by atoms with Gasteiger partial charge >= 0.3 is 0 Å². The van der Waals surface area contributed by atoms with E-state index in [0.29, 0.717) is 17.1 Å². The minimum Gasteiger partial charge on any atom is -0.495 e. The molecule has 42 heavy (non-hydrogen) atoms. The van der Waals surface area contributed by atoms with Crippen LogP contribution in [-0.4, -0.2) is 57.0 Å². The van der Waals surface area contributed by atoms with Crippen molar-refractivity contribution in [3.05, 3.63) is 77.4 Å². The fraction of sp³-hybridized carbons (Fsp3) is 0.290. The maximum absolute atomic E-state index is 12.8. The van der Waals surface area contributed by atoms with Crippen molar-refractivity contribution in [3.63, 3.8) is 0 Å². The quantitative estimate of drug-likeness (QED) is 0.214. The van der Waals surface area contributed by atoms with Crippen molar-refractivity contribution < 1.29 is 13.2 Å². The van der Waals surface area contributed by atoms with E-state index in [4.69, 9.17) is 16.3 Å². The van der Waals surface area contributed by atoms with Gasteiger partial charge in [-0.2, -0.15) is 4.98 Å². The largest absolute Gasteiger partial charge is 0.495 e. The fourth-order valence-corrected chi connectivity index (χ4v) is 6.20. The Morgan fingerprint density at radius 3 is 2.36 bits per heavy atom. The van der Waals surface area contributed by atoms with E-state index >= 15 is 0 Å². The van der Waals surface area contributed by atoms with Gasteiger partial charge < -0.3 is 20.3 Å². The molecule has 9 nitrogen and oxygen atoms in total. The van der Waals surface area contributed by atoms with Crippen molar-refractivity contribution in [3.8, 4) is 16.9 Å². The number of para-hydroxylation sites is 1. The molecule has 1 aliphatic heterocycles. The zero-order valence-electron chi connectivity index (χ0n) is 24.2. The van der Waals surface area contributed by atoms with Crippen molar-refractivity contribution in [1.82, 2.24) is 14.3 Å². The summed E-state index contributed by atoms with van der Waals surface area (Å²) in [6.07, 6.45) is 5.25. The summed E-state index contributed by atoms with van der Waals surface area (Å²) >= 11 is 6.41. The molecule has 0 atom stereocenters. The summed E-state index contributed by atoms with van der Waals surface area (Å²) in [6, 6.07) is 19.3. The molecule has 11 heteroatoms. The van der Waals surface area contributed by atoms with Crippen LogP contribution >= 0.6 is 11.6 Å². The lowest BCUT2D eigenvalue weighted by Gasteiger charge is -2.29. The summed E-state index contributed by atoms with van der Waals surface area (Å²) in [5.74, 6) is 1.16. The smallest absolute Gasteiger partial charge is 0.244 e. The summed E-state index contributed by atoms with van der Waals surface area (Å²) in [5.41, 5.74) is 5.53. The second-order valence-electron chi connectivity index (χ2n) is 10.4. The van der Waals surface area contributed by atoms with E-state index < -0.39 is 10.0 Å². The molecule has 0 amide bonds. The summed E-state index contributed by atoms with van der Waals surface area (Å²) in [6.45, 7) is 4.27. The molecule has 0 bridgehead atoms. The first kappa shape index (κ1) is 29.6. The van der Waals surface area contributed by atoms with Gasteiger partial charge in [-0.1, -0.05) is 35.9 Å². The van der Waals surface area contributed by atoms with E-state index in [1.54, 1.807) is 25.3 Å². The molecule has 3 aromatic carbocycles. The van der Waals surface area contributed by atoms with Gasteiger partial charge in [0.25, 0.3) is 0 Å². The number of rotatable bonds is 9. The number of nitrogens with one attached hydrogen (secondary N) is 2. The summed E-state index contributed by atoms with van der Waals surface area (Å²) in [5, 5.41) is 6.54. The minimum absolute atomic E-state index is 0.107. The average Bonchev–Trinajstić information content (AvgIpc) is 3.00. The molecule has 0 saturated carbocycles. The van der Waals surface area contributed by atoms with E-state index in [1.807, 2.05) is 12.1 Å². The predicted octanol–water partition coefficient (Wildman–Crippen LogP) is 6.84. The Hall–Kier alpha value is -3.86. The molecule has 1 saturated heterocycles. The topological polar surface area (TPSA) is 99.7 Å². The predicted molar refractivity (Wildman–Crippen MR) is 170 cm³/mol. The standard InChI is InChI=1S/C31H35ClN6O3S/c1-21-18-27(28(41-4)19-24(21)22-12-14-23(15-13-22)38-16-8-5-9-17-38)35-31-33-20-25(32)30(36-31)34-26-10-6-7-11-29(26)42(39,40)37(2)3/h6-7,10-15,18-20H,5,8-9,16-17H2,1-4H3,(H2,33,34,35,36). The van der Waals surface area contributed by atoms with Crippen LogP contribution in [0.15, 0.2) is 71.8 Å². The van der Waals surface area contributed by atoms with Gasteiger partial charge in [-0.05, 0) is 79.3 Å². The Labute approximate surface area is 252 Å². The molecular weight excluding hydrogens is 572 g/mol. The number of methoxy groups -OCH3 is 1. The minimum atomic E-state index is -3.70. The van der Waals surface area contributed by atoms with Crippen LogP contribution in [0.4, 0.5) is 28.8 Å². The molecule has 0 aliphatic carbocycles. The first-order valence-corrected chi connectivity index (χ1v) is 15.6. The Kier molecular flexibility index (Phi) is 8.86. The highest BCUT2D eigenvalue weighted by atomic mass is 35.5. The van der Waals surface area contributed by atoms with Gasteiger partial charge in [0.05, 0.1) is 24.7 Å². The highest BCUT2D eigenvalue weighted by molar-refractivity contribution is 7.89. The van der Waals surface area contributed by atoms with Gasteiger partial charge in [0.1, 0.15) is 15.7 Å². The normalized spacial score (nSPS) is 13.7. The van der Waals surface area contributed by atoms with Crippen molar-refractivity contribution in [2.24, 2.45) is 0 Å². The number of aryl methyl sites for hydroxylation is 1. The van der Waals surface area contributed by atoms with Crippen LogP contribution in [0.5, 0.6) is 5.75 Å². The molecule has 2 N–H and O–H groups in total. The monoisotopic (exact) mass is 606 g/mol. The van der Waals surface area contributed by atoms with E-state index in [2.05, 4.69) is 56.7 Å². The summed E-state index contributed by atoms with van der Waals surface area (Å²) < 4.78 is 32.6. The number of halogens is 1. The van der Waals surface area contributed by atoms with Gasteiger partial charge in [-0.15, -0.1) is 0 Å². The third-order valence-electron chi connectivity index (χ3n) is 7.34. The number of benzene rings is 3. The number of hydrogen-bond acceptors (Lipinski definition) is 8. The zero-order chi connectivity index (χ0) is 29.9. The number of nitrogens with zero attached hydrogens (tertiary/aromatic N) is 4. The third kappa shape index (κ3) is 6.30. The number of hydrogen-bond donors (Lipinski definition) is 2. The lowest BCUT2D eigenvalue weighted by atomic mass is 9.98. The molecule has 0 unspecified atom stereocenters. The number of sulfonamides is 1. The van der Waals surface area contributed by atoms with E-state index in [1.165, 1.54) is 51.3 Å². The maximum Gasteiger partial charge on any atom is 0.244 e. The molecule has 1 aliphatic rings. The SMILES string of the molecule is COc1cc(-c2ccc(N3CCCCC3)cc2)c(C)cc1Nc1ncc(Cl)c(Nc2ccccc2S(=O)(=O)N(C)C)n1. The summed E-state index contributed by atoms with van der Waals surface area (Å²) in [7, 11) is 0.890. The Bertz CT molecular complexity index is 1670. The lowest BCUT2D eigenvalue weighted by Crippen LogP contribution is -2.29. The van der Waals surface area contributed by atoms with Crippen LogP contribution in [0.2, 0.25) is 5.02 Å². The van der Waals surface area contributed by atoms with Crippen molar-refractivity contribution >= 4 is 50.5 Å². The average molecular weight is 607 g/mol. The van der Waals surface area contributed by atoms with Crippen LogP contribution in [0.25, 0.3) is 11.1 Å². The fourth-order valence-electron chi connectivity index (χ4n) is 5.02. The van der Waals surface area contributed by atoms with Crippen LogP contribution in [0.1, 0.15) is 24.8 Å². The molecule has 5 rings (SSSR count). The number of piperidine rings is 1. The number of ether oxygens (including phenoxy) is 1. The van der Waals surface area contributed by atoms with Crippen LogP contribution in [0, 0.1) is 6.92 Å². The Balaban J connectivity index is 1.40. The highest BCUT2D eigenvalue weighted by Gasteiger charge is 2.22. The van der Waals surface area contributed by atoms with Crippen LogP contribution < -0.4 is 20.3 Å². The molecule has 0 radical (unpaired) electrons. The molecular formula is C31H35ClN6O3S. The molecule has 4 aromatic rings. The summed E-state index contributed by atoms with van der Waals surface area (Å²) in [4.78, 5) is 11.4. The number of anilines is 5. The maximum atomic E-state index is 12.8. The van der Waals surface area contributed by atoms with Gasteiger partial charge in [-0.25, -0.2) is 17.7 Å².